The molecule has 0 aromatic rings. The molecular formula is C6H11NO3. The summed E-state index contributed by atoms with van der Waals surface area (Å²) in [4.78, 5) is 10.4. The molecule has 0 heterocycles. The molecule has 0 aromatic carbocycles. The number of esters is 1. The SMILES string of the molecule is C=CC(=O)OC(N)(O)CC. The van der Waals surface area contributed by atoms with Crippen molar-refractivity contribution in [3.63, 3.8) is 0 Å². The van der Waals surface area contributed by atoms with Crippen LogP contribution >= 0.6 is 0 Å². The minimum absolute atomic E-state index is 0.145. The molecule has 1 atom stereocenters. The van der Waals surface area contributed by atoms with Gasteiger partial charge < -0.3 is 9.84 Å². The van der Waals surface area contributed by atoms with Gasteiger partial charge >= 0.3 is 5.97 Å². The van der Waals surface area contributed by atoms with E-state index in [0.29, 0.717) is 0 Å². The molecule has 4 nitrogen and oxygen atoms in total. The van der Waals surface area contributed by atoms with E-state index in [1.807, 2.05) is 0 Å². The normalized spacial score (nSPS) is 15.5. The maximum Gasteiger partial charge on any atom is 0.333 e. The Hall–Kier alpha value is -0.870. The molecule has 0 aliphatic rings. The van der Waals surface area contributed by atoms with E-state index in [1.54, 1.807) is 6.92 Å². The number of carbonyl (C=O) groups is 1. The molecule has 0 aromatic heterocycles. The van der Waals surface area contributed by atoms with E-state index in [4.69, 9.17) is 10.8 Å². The summed E-state index contributed by atoms with van der Waals surface area (Å²) < 4.78 is 4.31. The third-order valence-corrected chi connectivity index (χ3v) is 0.951. The highest BCUT2D eigenvalue weighted by atomic mass is 16.7. The monoisotopic (exact) mass is 145 g/mol. The Morgan fingerprint density at radius 2 is 2.50 bits per heavy atom. The highest BCUT2D eigenvalue weighted by Gasteiger charge is 2.21. The summed E-state index contributed by atoms with van der Waals surface area (Å²) >= 11 is 0. The van der Waals surface area contributed by atoms with E-state index >= 15 is 0 Å². The first-order valence-corrected chi connectivity index (χ1v) is 2.88. The molecule has 4 heteroatoms. The second-order valence-corrected chi connectivity index (χ2v) is 1.82. The molecule has 0 rings (SSSR count). The van der Waals surface area contributed by atoms with Gasteiger partial charge in [0.05, 0.1) is 0 Å². The summed E-state index contributed by atoms with van der Waals surface area (Å²) in [6.45, 7) is 4.73. The van der Waals surface area contributed by atoms with Crippen molar-refractivity contribution in [2.75, 3.05) is 0 Å². The van der Waals surface area contributed by atoms with Gasteiger partial charge in [-0.3, -0.25) is 5.73 Å². The van der Waals surface area contributed by atoms with Crippen molar-refractivity contribution < 1.29 is 14.6 Å². The third-order valence-electron chi connectivity index (χ3n) is 0.951. The zero-order valence-electron chi connectivity index (χ0n) is 5.83. The predicted octanol–water partition coefficient (Wildman–Crippen LogP) is -0.270. The smallest absolute Gasteiger partial charge is 0.333 e. The van der Waals surface area contributed by atoms with Crippen molar-refractivity contribution in [2.45, 2.75) is 19.3 Å². The van der Waals surface area contributed by atoms with Crippen molar-refractivity contribution in [3.8, 4) is 0 Å². The van der Waals surface area contributed by atoms with E-state index in [0.717, 1.165) is 6.08 Å². The number of carbonyl (C=O) groups excluding carboxylic acids is 1. The number of hydrogen-bond donors (Lipinski definition) is 2. The first-order valence-electron chi connectivity index (χ1n) is 2.88. The molecule has 58 valence electrons. The van der Waals surface area contributed by atoms with Crippen molar-refractivity contribution in [2.24, 2.45) is 5.73 Å². The molecule has 10 heavy (non-hydrogen) atoms. The van der Waals surface area contributed by atoms with Crippen molar-refractivity contribution in [1.82, 2.24) is 0 Å². The van der Waals surface area contributed by atoms with Crippen LogP contribution in [-0.4, -0.2) is 17.0 Å². The van der Waals surface area contributed by atoms with Gasteiger partial charge in [0.2, 0.25) is 0 Å². The lowest BCUT2D eigenvalue weighted by atomic mass is 10.4. The molecule has 1 unspecified atom stereocenters. The van der Waals surface area contributed by atoms with Gasteiger partial charge in [-0.1, -0.05) is 13.5 Å². The van der Waals surface area contributed by atoms with E-state index in [-0.39, 0.29) is 6.42 Å². The zero-order valence-corrected chi connectivity index (χ0v) is 5.83. The minimum Gasteiger partial charge on any atom is -0.416 e. The van der Waals surface area contributed by atoms with Gasteiger partial charge in [0.25, 0.3) is 5.91 Å². The van der Waals surface area contributed by atoms with Crippen LogP contribution in [0.25, 0.3) is 0 Å². The number of rotatable bonds is 3. The third kappa shape index (κ3) is 3.21. The number of hydrogen-bond acceptors (Lipinski definition) is 4. The van der Waals surface area contributed by atoms with Crippen LogP contribution in [-0.2, 0) is 9.53 Å². The average molecular weight is 145 g/mol. The van der Waals surface area contributed by atoms with Gasteiger partial charge in [-0.25, -0.2) is 4.79 Å². The lowest BCUT2D eigenvalue weighted by Gasteiger charge is -2.19. The molecule has 0 amide bonds. The Balaban J connectivity index is 3.87. The Morgan fingerprint density at radius 3 is 2.80 bits per heavy atom. The van der Waals surface area contributed by atoms with E-state index in [9.17, 15) is 4.79 Å². The molecule has 0 fully saturated rings. The Morgan fingerprint density at radius 1 is 2.00 bits per heavy atom. The second kappa shape index (κ2) is 3.34. The Kier molecular flexibility index (Phi) is 3.05. The summed E-state index contributed by atoms with van der Waals surface area (Å²) in [5.41, 5.74) is 5.06. The molecule has 0 aliphatic carbocycles. The van der Waals surface area contributed by atoms with Crippen LogP contribution in [0.15, 0.2) is 12.7 Å². The number of aliphatic hydroxyl groups is 1. The highest BCUT2D eigenvalue weighted by Crippen LogP contribution is 2.02. The molecule has 0 radical (unpaired) electrons. The summed E-state index contributed by atoms with van der Waals surface area (Å²) in [5.74, 6) is -2.59. The summed E-state index contributed by atoms with van der Waals surface area (Å²) in [5, 5.41) is 8.91. The van der Waals surface area contributed by atoms with Gasteiger partial charge in [0.1, 0.15) is 0 Å². The van der Waals surface area contributed by atoms with E-state index in [1.165, 1.54) is 0 Å². The van der Waals surface area contributed by atoms with E-state index in [2.05, 4.69) is 11.3 Å². The molecule has 0 saturated carbocycles. The lowest BCUT2D eigenvalue weighted by molar-refractivity contribution is -0.202. The fourth-order valence-electron chi connectivity index (χ4n) is 0.288. The van der Waals surface area contributed by atoms with Crippen molar-refractivity contribution in [3.05, 3.63) is 12.7 Å². The van der Waals surface area contributed by atoms with Crippen LogP contribution in [0, 0.1) is 0 Å². The highest BCUT2D eigenvalue weighted by molar-refractivity contribution is 5.81. The first kappa shape index (κ1) is 9.13. The summed E-state index contributed by atoms with van der Waals surface area (Å²) in [7, 11) is 0. The molecular weight excluding hydrogens is 134 g/mol. The van der Waals surface area contributed by atoms with Crippen LogP contribution in [0.2, 0.25) is 0 Å². The zero-order chi connectivity index (χ0) is 8.20. The van der Waals surface area contributed by atoms with E-state index < -0.39 is 11.9 Å². The number of ether oxygens (including phenoxy) is 1. The van der Waals surface area contributed by atoms with Gasteiger partial charge in [-0.2, -0.15) is 0 Å². The fraction of sp³-hybridized carbons (Fsp3) is 0.500. The van der Waals surface area contributed by atoms with Crippen LogP contribution in [0.3, 0.4) is 0 Å². The average Bonchev–Trinajstić information content (AvgIpc) is 1.87. The standard InChI is InChI=1S/C6H11NO3/c1-3-5(8)10-6(7,9)4-2/h3,9H,1,4,7H2,2H3. The maximum atomic E-state index is 10.4. The molecule has 0 aliphatic heterocycles. The second-order valence-electron chi connectivity index (χ2n) is 1.82. The van der Waals surface area contributed by atoms with Gasteiger partial charge in [-0.05, 0) is 0 Å². The summed E-state index contributed by atoms with van der Waals surface area (Å²) in [6, 6.07) is 0. The van der Waals surface area contributed by atoms with Crippen molar-refractivity contribution >= 4 is 5.97 Å². The lowest BCUT2D eigenvalue weighted by Crippen LogP contribution is -2.43. The predicted molar refractivity (Wildman–Crippen MR) is 35.7 cm³/mol. The van der Waals surface area contributed by atoms with Crippen molar-refractivity contribution in [1.29, 1.82) is 0 Å². The molecule has 3 N–H and O–H groups in total. The van der Waals surface area contributed by atoms with Gasteiger partial charge in [-0.15, -0.1) is 0 Å². The maximum absolute atomic E-state index is 10.4. The Labute approximate surface area is 59.3 Å². The number of nitrogens with two attached hydrogens (primary N) is 1. The van der Waals surface area contributed by atoms with Gasteiger partial charge in [0.15, 0.2) is 0 Å². The Bertz CT molecular complexity index is 142. The first-order chi connectivity index (χ1) is 4.52. The van der Waals surface area contributed by atoms with Crippen LogP contribution in [0.4, 0.5) is 0 Å². The van der Waals surface area contributed by atoms with Crippen LogP contribution < -0.4 is 5.73 Å². The largest absolute Gasteiger partial charge is 0.416 e. The van der Waals surface area contributed by atoms with Crippen LogP contribution in [0.1, 0.15) is 13.3 Å². The summed E-state index contributed by atoms with van der Waals surface area (Å²) in [6.07, 6.45) is 1.08. The molecule has 0 bridgehead atoms. The van der Waals surface area contributed by atoms with Gasteiger partial charge in [0, 0.05) is 12.5 Å². The topological polar surface area (TPSA) is 72.5 Å². The molecule has 0 spiro atoms. The quantitative estimate of drug-likeness (QED) is 0.326. The van der Waals surface area contributed by atoms with Crippen LogP contribution in [0.5, 0.6) is 0 Å². The fourth-order valence-corrected chi connectivity index (χ4v) is 0.288. The molecule has 0 saturated heterocycles. The minimum atomic E-state index is -1.86.